The van der Waals surface area contributed by atoms with E-state index in [-0.39, 0.29) is 17.5 Å². The maximum atomic E-state index is 13.5. The van der Waals surface area contributed by atoms with Crippen LogP contribution in [0.4, 0.5) is 13.2 Å². The molecule has 1 saturated carbocycles. The summed E-state index contributed by atoms with van der Waals surface area (Å²) in [7, 11) is 0. The van der Waals surface area contributed by atoms with Gasteiger partial charge >= 0.3 is 0 Å². The summed E-state index contributed by atoms with van der Waals surface area (Å²) >= 11 is 0. The van der Waals surface area contributed by atoms with Crippen molar-refractivity contribution < 1.29 is 13.2 Å². The van der Waals surface area contributed by atoms with Crippen LogP contribution >= 0.6 is 0 Å². The van der Waals surface area contributed by atoms with Gasteiger partial charge in [0.1, 0.15) is 0 Å². The van der Waals surface area contributed by atoms with Gasteiger partial charge in [-0.05, 0) is 43.2 Å². The van der Waals surface area contributed by atoms with E-state index < -0.39 is 17.5 Å². The number of rotatable bonds is 1. The van der Waals surface area contributed by atoms with Gasteiger partial charge in [-0.15, -0.1) is 0 Å². The zero-order valence-electron chi connectivity index (χ0n) is 8.85. The minimum absolute atomic E-state index is 0.0325. The normalized spacial score (nSPS) is 25.8. The van der Waals surface area contributed by atoms with Gasteiger partial charge in [0.25, 0.3) is 0 Å². The minimum atomic E-state index is -1.37. The largest absolute Gasteiger partial charge is 0.328 e. The summed E-state index contributed by atoms with van der Waals surface area (Å²) in [6.07, 6.45) is 3.10. The third kappa shape index (κ3) is 2.07. The summed E-state index contributed by atoms with van der Waals surface area (Å²) in [5.74, 6) is -3.57. The number of hydrogen-bond acceptors (Lipinski definition) is 1. The Bertz CT molecular complexity index is 384. The lowest BCUT2D eigenvalue weighted by atomic mass is 9.82. The fourth-order valence-corrected chi connectivity index (χ4v) is 2.29. The highest BCUT2D eigenvalue weighted by Crippen LogP contribution is 2.34. The van der Waals surface area contributed by atoms with Crippen LogP contribution < -0.4 is 5.73 Å². The van der Waals surface area contributed by atoms with Crippen molar-refractivity contribution in [2.24, 2.45) is 5.73 Å². The molecule has 1 aliphatic rings. The molecule has 0 amide bonds. The van der Waals surface area contributed by atoms with Crippen LogP contribution in [0.2, 0.25) is 0 Å². The van der Waals surface area contributed by atoms with Crippen molar-refractivity contribution in [1.29, 1.82) is 0 Å². The van der Waals surface area contributed by atoms with Crippen molar-refractivity contribution in [2.75, 3.05) is 0 Å². The van der Waals surface area contributed by atoms with Gasteiger partial charge in [-0.3, -0.25) is 0 Å². The first-order valence-electron chi connectivity index (χ1n) is 5.48. The van der Waals surface area contributed by atoms with E-state index in [1.807, 2.05) is 0 Å². The molecule has 0 radical (unpaired) electrons. The van der Waals surface area contributed by atoms with Gasteiger partial charge in [0.15, 0.2) is 17.5 Å². The lowest BCUT2D eigenvalue weighted by Crippen LogP contribution is -2.26. The molecule has 0 spiro atoms. The molecule has 0 saturated heterocycles. The van der Waals surface area contributed by atoms with E-state index in [9.17, 15) is 13.2 Å². The van der Waals surface area contributed by atoms with E-state index in [2.05, 4.69) is 0 Å². The van der Waals surface area contributed by atoms with Crippen LogP contribution in [0.5, 0.6) is 0 Å². The molecule has 0 aromatic heterocycles. The Morgan fingerprint density at radius 3 is 2.19 bits per heavy atom. The molecule has 2 N–H and O–H groups in total. The second-order valence-electron chi connectivity index (χ2n) is 4.38. The molecule has 1 aliphatic carbocycles. The number of halogens is 3. The van der Waals surface area contributed by atoms with Crippen LogP contribution in [0.15, 0.2) is 12.1 Å². The monoisotopic (exact) mass is 229 g/mol. The Labute approximate surface area is 92.5 Å². The number of hydrogen-bond donors (Lipinski definition) is 1. The van der Waals surface area contributed by atoms with E-state index in [0.29, 0.717) is 0 Å². The first kappa shape index (κ1) is 11.5. The molecular formula is C12H14F3N. The summed E-state index contributed by atoms with van der Waals surface area (Å²) < 4.78 is 39.3. The van der Waals surface area contributed by atoms with Crippen LogP contribution in [-0.4, -0.2) is 6.04 Å². The van der Waals surface area contributed by atoms with Crippen LogP contribution in [0.3, 0.4) is 0 Å². The maximum absolute atomic E-state index is 13.5. The fourth-order valence-electron chi connectivity index (χ4n) is 2.29. The molecule has 1 nitrogen and oxygen atoms in total. The topological polar surface area (TPSA) is 26.0 Å². The van der Waals surface area contributed by atoms with Gasteiger partial charge in [-0.1, -0.05) is 6.07 Å². The van der Waals surface area contributed by atoms with Gasteiger partial charge in [0.2, 0.25) is 0 Å². The molecule has 1 aromatic rings. The summed E-state index contributed by atoms with van der Waals surface area (Å²) in [5.41, 5.74) is 6.02. The van der Waals surface area contributed by atoms with Gasteiger partial charge < -0.3 is 5.73 Å². The van der Waals surface area contributed by atoms with Crippen LogP contribution in [0, 0.1) is 17.5 Å². The van der Waals surface area contributed by atoms with Crippen molar-refractivity contribution in [2.45, 2.75) is 37.6 Å². The molecular weight excluding hydrogens is 215 g/mol. The Balaban J connectivity index is 2.24. The molecule has 1 fully saturated rings. The minimum Gasteiger partial charge on any atom is -0.328 e. The molecule has 16 heavy (non-hydrogen) atoms. The average molecular weight is 229 g/mol. The molecule has 0 heterocycles. The van der Waals surface area contributed by atoms with Crippen LogP contribution in [0.1, 0.15) is 37.2 Å². The van der Waals surface area contributed by atoms with Crippen molar-refractivity contribution in [3.63, 3.8) is 0 Å². The molecule has 1 aromatic carbocycles. The third-order valence-electron chi connectivity index (χ3n) is 3.28. The molecule has 0 bridgehead atoms. The molecule has 4 heteroatoms. The predicted molar refractivity (Wildman–Crippen MR) is 55.5 cm³/mol. The second-order valence-corrected chi connectivity index (χ2v) is 4.38. The summed E-state index contributed by atoms with van der Waals surface area (Å²) in [5, 5.41) is 0. The molecule has 0 aliphatic heterocycles. The summed E-state index contributed by atoms with van der Waals surface area (Å²) in [6, 6.07) is 2.49. The quantitative estimate of drug-likeness (QED) is 0.736. The Morgan fingerprint density at radius 1 is 0.938 bits per heavy atom. The standard InChI is InChI=1S/C12H14F3N/c13-10-6-5-9(11(14)12(10)15)7-1-3-8(16)4-2-7/h5-8H,1-4,16H2. The van der Waals surface area contributed by atoms with Crippen molar-refractivity contribution in [3.05, 3.63) is 35.1 Å². The van der Waals surface area contributed by atoms with E-state index in [1.54, 1.807) is 0 Å². The smallest absolute Gasteiger partial charge is 0.194 e. The molecule has 0 atom stereocenters. The van der Waals surface area contributed by atoms with Gasteiger partial charge in [0.05, 0.1) is 0 Å². The Hall–Kier alpha value is -1.03. The van der Waals surface area contributed by atoms with Crippen LogP contribution in [-0.2, 0) is 0 Å². The van der Waals surface area contributed by atoms with E-state index in [0.717, 1.165) is 31.7 Å². The van der Waals surface area contributed by atoms with Crippen molar-refractivity contribution >= 4 is 0 Å². The molecule has 2 rings (SSSR count). The lowest BCUT2D eigenvalue weighted by Gasteiger charge is -2.26. The second kappa shape index (κ2) is 4.45. The predicted octanol–water partition coefficient (Wildman–Crippen LogP) is 3.09. The SMILES string of the molecule is NC1CCC(c2ccc(F)c(F)c2F)CC1. The first-order valence-corrected chi connectivity index (χ1v) is 5.48. The number of nitrogens with two attached hydrogens (primary N) is 1. The van der Waals surface area contributed by atoms with Crippen LogP contribution in [0.25, 0.3) is 0 Å². The van der Waals surface area contributed by atoms with Gasteiger partial charge in [-0.2, -0.15) is 0 Å². The molecule has 0 unspecified atom stereocenters. The zero-order chi connectivity index (χ0) is 11.7. The highest BCUT2D eigenvalue weighted by molar-refractivity contribution is 5.24. The first-order chi connectivity index (χ1) is 7.59. The Kier molecular flexibility index (Phi) is 3.19. The molecule has 88 valence electrons. The van der Waals surface area contributed by atoms with E-state index in [1.165, 1.54) is 6.07 Å². The summed E-state index contributed by atoms with van der Waals surface area (Å²) in [6.45, 7) is 0. The van der Waals surface area contributed by atoms with Crippen molar-refractivity contribution in [3.8, 4) is 0 Å². The summed E-state index contributed by atoms with van der Waals surface area (Å²) in [4.78, 5) is 0. The van der Waals surface area contributed by atoms with E-state index >= 15 is 0 Å². The zero-order valence-corrected chi connectivity index (χ0v) is 8.85. The van der Waals surface area contributed by atoms with Crippen molar-refractivity contribution in [1.82, 2.24) is 0 Å². The highest BCUT2D eigenvalue weighted by Gasteiger charge is 2.24. The third-order valence-corrected chi connectivity index (χ3v) is 3.28. The lowest BCUT2D eigenvalue weighted by molar-refractivity contribution is 0.375. The van der Waals surface area contributed by atoms with E-state index in [4.69, 9.17) is 5.73 Å². The number of benzene rings is 1. The highest BCUT2D eigenvalue weighted by atomic mass is 19.2. The Morgan fingerprint density at radius 2 is 1.56 bits per heavy atom. The van der Waals surface area contributed by atoms with Gasteiger partial charge in [0, 0.05) is 6.04 Å². The average Bonchev–Trinajstić information content (AvgIpc) is 2.28. The van der Waals surface area contributed by atoms with Gasteiger partial charge in [-0.25, -0.2) is 13.2 Å². The fraction of sp³-hybridized carbons (Fsp3) is 0.500. The maximum Gasteiger partial charge on any atom is 0.194 e.